The van der Waals surface area contributed by atoms with Crippen LogP contribution < -0.4 is 5.32 Å². The Morgan fingerprint density at radius 2 is 2.05 bits per heavy atom. The molecule has 0 radical (unpaired) electrons. The Bertz CT molecular complexity index is 382. The summed E-state index contributed by atoms with van der Waals surface area (Å²) in [4.78, 5) is 3.35. The van der Waals surface area contributed by atoms with Gasteiger partial charge in [0.25, 0.3) is 0 Å². The average molecular weight is 277 g/mol. The summed E-state index contributed by atoms with van der Waals surface area (Å²) in [7, 11) is 0. The molecule has 106 valence electrons. The van der Waals surface area contributed by atoms with E-state index >= 15 is 0 Å². The van der Waals surface area contributed by atoms with Crippen molar-refractivity contribution in [3.05, 3.63) is 21.4 Å². The van der Waals surface area contributed by atoms with Crippen molar-refractivity contribution in [1.29, 1.82) is 0 Å². The molecular weight excluding hydrogens is 250 g/mol. The topological polar surface area (TPSA) is 12.0 Å². The smallest absolute Gasteiger partial charge is 0.0443 e. The third-order valence-corrected chi connectivity index (χ3v) is 6.13. The zero-order valence-electron chi connectivity index (χ0n) is 12.2. The van der Waals surface area contributed by atoms with Crippen LogP contribution in [0.5, 0.6) is 0 Å². The molecule has 0 aromatic carbocycles. The lowest BCUT2D eigenvalue weighted by atomic mass is 9.79. The second-order valence-electron chi connectivity index (χ2n) is 6.28. The molecule has 1 saturated carbocycles. The molecule has 1 atom stereocenters. The molecule has 1 aromatic heterocycles. The van der Waals surface area contributed by atoms with Gasteiger partial charge in [-0.3, -0.25) is 0 Å². The van der Waals surface area contributed by atoms with Gasteiger partial charge in [-0.25, -0.2) is 0 Å². The van der Waals surface area contributed by atoms with E-state index in [0.29, 0.717) is 6.04 Å². The van der Waals surface area contributed by atoms with E-state index in [1.165, 1.54) is 64.3 Å². The summed E-state index contributed by atoms with van der Waals surface area (Å²) < 4.78 is 0. The molecule has 1 nitrogen and oxygen atoms in total. The maximum Gasteiger partial charge on any atom is 0.0443 e. The van der Waals surface area contributed by atoms with Crippen LogP contribution in [0.3, 0.4) is 0 Å². The van der Waals surface area contributed by atoms with Gasteiger partial charge in [0.1, 0.15) is 0 Å². The van der Waals surface area contributed by atoms with Crippen LogP contribution in [-0.4, -0.2) is 6.54 Å². The van der Waals surface area contributed by atoms with Gasteiger partial charge in [0.15, 0.2) is 0 Å². The fourth-order valence-electron chi connectivity index (χ4n) is 3.42. The first-order chi connectivity index (χ1) is 9.38. The van der Waals surface area contributed by atoms with Gasteiger partial charge in [-0.15, -0.1) is 11.3 Å². The van der Waals surface area contributed by atoms with Crippen LogP contribution in [0.25, 0.3) is 0 Å². The molecule has 1 N–H and O–H groups in total. The SMILES string of the molecule is CCCNC(c1cc2c(s1)CCCCC2)C1CCC1. The first-order valence-corrected chi connectivity index (χ1v) is 9.05. The maximum absolute atomic E-state index is 3.82. The van der Waals surface area contributed by atoms with Gasteiger partial charge in [-0.1, -0.05) is 19.8 Å². The van der Waals surface area contributed by atoms with Crippen molar-refractivity contribution >= 4 is 11.3 Å². The zero-order chi connectivity index (χ0) is 13.1. The van der Waals surface area contributed by atoms with Gasteiger partial charge in [-0.2, -0.15) is 0 Å². The van der Waals surface area contributed by atoms with E-state index in [0.717, 1.165) is 5.92 Å². The molecule has 0 saturated heterocycles. The Kier molecular flexibility index (Phi) is 4.60. The number of hydrogen-bond donors (Lipinski definition) is 1. The highest BCUT2D eigenvalue weighted by Gasteiger charge is 2.29. The average Bonchev–Trinajstić information content (AvgIpc) is 2.63. The molecule has 3 rings (SSSR count). The first kappa shape index (κ1) is 13.6. The second-order valence-corrected chi connectivity index (χ2v) is 7.45. The highest BCUT2D eigenvalue weighted by molar-refractivity contribution is 7.12. The molecule has 1 fully saturated rings. The van der Waals surface area contributed by atoms with Crippen molar-refractivity contribution in [2.24, 2.45) is 5.92 Å². The van der Waals surface area contributed by atoms with E-state index in [-0.39, 0.29) is 0 Å². The number of hydrogen-bond acceptors (Lipinski definition) is 2. The summed E-state index contributed by atoms with van der Waals surface area (Å²) in [6.07, 6.45) is 12.5. The molecule has 2 aliphatic carbocycles. The maximum atomic E-state index is 3.82. The predicted molar refractivity (Wildman–Crippen MR) is 84.0 cm³/mol. The first-order valence-electron chi connectivity index (χ1n) is 8.23. The lowest BCUT2D eigenvalue weighted by molar-refractivity contribution is 0.234. The van der Waals surface area contributed by atoms with Crippen molar-refractivity contribution in [2.75, 3.05) is 6.54 Å². The standard InChI is InChI=1S/C17H27NS/c1-2-11-18-17(13-8-6-9-13)16-12-14-7-4-3-5-10-15(14)19-16/h12-13,17-18H,2-11H2,1H3. The number of nitrogens with one attached hydrogen (secondary N) is 1. The summed E-state index contributed by atoms with van der Waals surface area (Å²) in [6.45, 7) is 3.44. The number of thiophene rings is 1. The molecule has 0 spiro atoms. The van der Waals surface area contributed by atoms with Crippen molar-refractivity contribution < 1.29 is 0 Å². The number of fused-ring (bicyclic) bond motifs is 1. The molecular formula is C17H27NS. The van der Waals surface area contributed by atoms with Gasteiger partial charge in [0, 0.05) is 15.8 Å². The summed E-state index contributed by atoms with van der Waals surface area (Å²) in [5.74, 6) is 0.911. The molecule has 1 aromatic rings. The fourth-order valence-corrected chi connectivity index (χ4v) is 4.84. The lowest BCUT2D eigenvalue weighted by Crippen LogP contribution is -2.32. The minimum atomic E-state index is 0.658. The second kappa shape index (κ2) is 6.41. The van der Waals surface area contributed by atoms with Crippen LogP contribution in [0.2, 0.25) is 0 Å². The van der Waals surface area contributed by atoms with Crippen LogP contribution in [0, 0.1) is 5.92 Å². The molecule has 0 bridgehead atoms. The van der Waals surface area contributed by atoms with Crippen LogP contribution in [0.15, 0.2) is 6.07 Å². The van der Waals surface area contributed by atoms with E-state index in [1.807, 2.05) is 0 Å². The van der Waals surface area contributed by atoms with E-state index in [9.17, 15) is 0 Å². The fraction of sp³-hybridized carbons (Fsp3) is 0.765. The Labute approximate surface area is 121 Å². The van der Waals surface area contributed by atoms with Crippen LogP contribution >= 0.6 is 11.3 Å². The van der Waals surface area contributed by atoms with Gasteiger partial charge >= 0.3 is 0 Å². The normalized spacial score (nSPS) is 21.5. The Balaban J connectivity index is 1.77. The van der Waals surface area contributed by atoms with Crippen LogP contribution in [0.1, 0.15) is 73.2 Å². The largest absolute Gasteiger partial charge is 0.309 e. The Morgan fingerprint density at radius 1 is 1.21 bits per heavy atom. The summed E-state index contributed by atoms with van der Waals surface area (Å²) in [6, 6.07) is 3.21. The minimum absolute atomic E-state index is 0.658. The minimum Gasteiger partial charge on any atom is -0.309 e. The number of rotatable bonds is 5. The van der Waals surface area contributed by atoms with E-state index < -0.39 is 0 Å². The predicted octanol–water partition coefficient (Wildman–Crippen LogP) is 4.86. The van der Waals surface area contributed by atoms with Crippen LogP contribution in [0.4, 0.5) is 0 Å². The summed E-state index contributed by atoms with van der Waals surface area (Å²) >= 11 is 2.12. The van der Waals surface area contributed by atoms with Gasteiger partial charge in [-0.05, 0) is 69.0 Å². The highest BCUT2D eigenvalue weighted by atomic mass is 32.1. The molecule has 0 amide bonds. The van der Waals surface area contributed by atoms with E-state index in [2.05, 4.69) is 29.6 Å². The Hall–Kier alpha value is -0.340. The Morgan fingerprint density at radius 3 is 2.79 bits per heavy atom. The third kappa shape index (κ3) is 3.05. The van der Waals surface area contributed by atoms with Crippen molar-refractivity contribution in [1.82, 2.24) is 5.32 Å². The van der Waals surface area contributed by atoms with Crippen molar-refractivity contribution in [3.63, 3.8) is 0 Å². The van der Waals surface area contributed by atoms with E-state index in [4.69, 9.17) is 0 Å². The van der Waals surface area contributed by atoms with E-state index in [1.54, 1.807) is 15.3 Å². The quantitative estimate of drug-likeness (QED) is 0.758. The van der Waals surface area contributed by atoms with Gasteiger partial charge < -0.3 is 5.32 Å². The van der Waals surface area contributed by atoms with Crippen LogP contribution in [-0.2, 0) is 12.8 Å². The highest BCUT2D eigenvalue weighted by Crippen LogP contribution is 2.41. The third-order valence-electron chi connectivity index (χ3n) is 4.81. The van der Waals surface area contributed by atoms with Crippen molar-refractivity contribution in [3.8, 4) is 0 Å². The number of aryl methyl sites for hydroxylation is 2. The molecule has 19 heavy (non-hydrogen) atoms. The van der Waals surface area contributed by atoms with Gasteiger partial charge in [0.05, 0.1) is 0 Å². The summed E-state index contributed by atoms with van der Waals surface area (Å²) in [5, 5.41) is 3.82. The molecule has 1 heterocycles. The summed E-state index contributed by atoms with van der Waals surface area (Å²) in [5.41, 5.74) is 1.68. The molecule has 1 unspecified atom stereocenters. The molecule has 0 aliphatic heterocycles. The molecule has 2 aliphatic rings. The van der Waals surface area contributed by atoms with Gasteiger partial charge in [0.2, 0.25) is 0 Å². The molecule has 2 heteroatoms. The monoisotopic (exact) mass is 277 g/mol. The lowest BCUT2D eigenvalue weighted by Gasteiger charge is -2.34. The zero-order valence-corrected chi connectivity index (χ0v) is 13.0. The van der Waals surface area contributed by atoms with Crippen molar-refractivity contribution in [2.45, 2.75) is 70.8 Å².